The van der Waals surface area contributed by atoms with Gasteiger partial charge in [0.15, 0.2) is 0 Å². The minimum Gasteiger partial charge on any atom is -0.292 e. The zero-order valence-electron chi connectivity index (χ0n) is 11.0. The van der Waals surface area contributed by atoms with Crippen LogP contribution < -0.4 is 0 Å². The smallest absolute Gasteiger partial charge is 0.292 e. The normalized spacial score (nSPS) is 11.4. The molecule has 0 saturated heterocycles. The van der Waals surface area contributed by atoms with Crippen LogP contribution in [0, 0.1) is 25.9 Å². The Bertz CT molecular complexity index is 402. The molecule has 0 unspecified atom stereocenters. The van der Waals surface area contributed by atoms with Gasteiger partial charge < -0.3 is 0 Å². The molecule has 1 aromatic rings. The Balaban J connectivity index is 2.56. The second-order valence-corrected chi connectivity index (χ2v) is 5.25. The molecule has 1 rings (SSSR count). The molecule has 1 radical (unpaired) electrons. The Morgan fingerprint density at radius 2 is 1.82 bits per heavy atom. The first kappa shape index (κ1) is 13.7. The van der Waals surface area contributed by atoms with Gasteiger partial charge in [0.05, 0.1) is 5.56 Å². The summed E-state index contributed by atoms with van der Waals surface area (Å²) in [5.74, 6) is -0.478. The van der Waals surface area contributed by atoms with Gasteiger partial charge >= 0.3 is 5.97 Å². The molecule has 0 atom stereocenters. The van der Waals surface area contributed by atoms with E-state index in [1.54, 1.807) is 12.1 Å². The molecule has 3 nitrogen and oxygen atoms in total. The van der Waals surface area contributed by atoms with Gasteiger partial charge in [-0.1, -0.05) is 26.8 Å². The Morgan fingerprint density at radius 1 is 1.18 bits per heavy atom. The Hall–Kier alpha value is -1.35. The largest absolute Gasteiger partial charge is 0.373 e. The van der Waals surface area contributed by atoms with Gasteiger partial charge in [0, 0.05) is 0 Å². The average Bonchev–Trinajstić information content (AvgIpc) is 2.20. The van der Waals surface area contributed by atoms with E-state index in [2.05, 4.69) is 0 Å². The fraction of sp³-hybridized carbons (Fsp3) is 0.429. The number of carbonyl (C=O) groups excluding carboxylic acids is 1. The molecule has 0 amide bonds. The standard InChI is InChI=1S/C14H19O3/c1-10-6-7-12(8-11(10)2)13(15)17-16-9-14(3,4)5/h6-9H,1-5H3. The highest BCUT2D eigenvalue weighted by molar-refractivity contribution is 5.89. The van der Waals surface area contributed by atoms with Crippen molar-refractivity contribution in [2.45, 2.75) is 34.6 Å². The van der Waals surface area contributed by atoms with Crippen LogP contribution in [0.5, 0.6) is 0 Å². The summed E-state index contributed by atoms with van der Waals surface area (Å²) in [7, 11) is 0. The monoisotopic (exact) mass is 235 g/mol. The first-order chi connectivity index (χ1) is 7.79. The Morgan fingerprint density at radius 3 is 2.35 bits per heavy atom. The number of benzene rings is 1. The second kappa shape index (κ2) is 5.32. The number of hydrogen-bond donors (Lipinski definition) is 0. The predicted molar refractivity (Wildman–Crippen MR) is 66.2 cm³/mol. The van der Waals surface area contributed by atoms with Crippen LogP contribution in [0.4, 0.5) is 0 Å². The van der Waals surface area contributed by atoms with Crippen molar-refractivity contribution in [2.24, 2.45) is 5.41 Å². The minimum absolute atomic E-state index is 0.149. The summed E-state index contributed by atoms with van der Waals surface area (Å²) in [6, 6.07) is 5.41. The average molecular weight is 235 g/mol. The van der Waals surface area contributed by atoms with E-state index in [0.717, 1.165) is 11.1 Å². The minimum atomic E-state index is -0.478. The van der Waals surface area contributed by atoms with Crippen molar-refractivity contribution in [3.05, 3.63) is 41.5 Å². The summed E-state index contributed by atoms with van der Waals surface area (Å²) in [5.41, 5.74) is 2.54. The third-order valence-electron chi connectivity index (χ3n) is 2.27. The third-order valence-corrected chi connectivity index (χ3v) is 2.27. The van der Waals surface area contributed by atoms with E-state index >= 15 is 0 Å². The van der Waals surface area contributed by atoms with Crippen LogP contribution in [0.2, 0.25) is 0 Å². The fourth-order valence-electron chi connectivity index (χ4n) is 1.13. The fourth-order valence-corrected chi connectivity index (χ4v) is 1.13. The number of rotatable bonds is 3. The van der Waals surface area contributed by atoms with Crippen LogP contribution in [0.25, 0.3) is 0 Å². The SMILES string of the molecule is Cc1ccc(C(=O)OO[CH]C(C)(C)C)cc1C. The second-order valence-electron chi connectivity index (χ2n) is 5.25. The predicted octanol–water partition coefficient (Wildman–Crippen LogP) is 3.60. The van der Waals surface area contributed by atoms with Crippen molar-refractivity contribution in [1.29, 1.82) is 0 Å². The van der Waals surface area contributed by atoms with Crippen LogP contribution in [-0.4, -0.2) is 5.97 Å². The maximum atomic E-state index is 11.6. The molecule has 0 aliphatic rings. The summed E-state index contributed by atoms with van der Waals surface area (Å²) in [4.78, 5) is 21.1. The van der Waals surface area contributed by atoms with Crippen LogP contribution in [0.15, 0.2) is 18.2 Å². The zero-order valence-corrected chi connectivity index (χ0v) is 11.0. The van der Waals surface area contributed by atoms with Crippen molar-refractivity contribution in [3.8, 4) is 0 Å². The highest BCUT2D eigenvalue weighted by Gasteiger charge is 2.15. The third kappa shape index (κ3) is 4.57. The molecule has 0 aromatic heterocycles. The lowest BCUT2D eigenvalue weighted by Crippen LogP contribution is -2.12. The summed E-state index contributed by atoms with van der Waals surface area (Å²) >= 11 is 0. The van der Waals surface area contributed by atoms with Gasteiger partial charge in [0.1, 0.15) is 6.61 Å². The summed E-state index contributed by atoms with van der Waals surface area (Å²) < 4.78 is 0. The summed E-state index contributed by atoms with van der Waals surface area (Å²) in [6.45, 7) is 11.3. The zero-order chi connectivity index (χ0) is 13.1. The van der Waals surface area contributed by atoms with E-state index in [1.165, 1.54) is 6.61 Å². The molecule has 0 spiro atoms. The van der Waals surface area contributed by atoms with Gasteiger partial charge in [-0.05, 0) is 42.5 Å². The molecule has 17 heavy (non-hydrogen) atoms. The van der Waals surface area contributed by atoms with E-state index in [-0.39, 0.29) is 5.41 Å². The molecule has 93 valence electrons. The van der Waals surface area contributed by atoms with Crippen molar-refractivity contribution in [2.75, 3.05) is 0 Å². The molecule has 0 aliphatic carbocycles. The van der Waals surface area contributed by atoms with Gasteiger partial charge in [0.2, 0.25) is 0 Å². The Labute approximate surface area is 103 Å². The highest BCUT2D eigenvalue weighted by atomic mass is 17.2. The van der Waals surface area contributed by atoms with E-state index in [4.69, 9.17) is 9.78 Å². The lowest BCUT2D eigenvalue weighted by molar-refractivity contribution is -0.224. The van der Waals surface area contributed by atoms with E-state index in [9.17, 15) is 4.79 Å². The molecule has 0 heterocycles. The molecule has 0 aliphatic heterocycles. The first-order valence-corrected chi connectivity index (χ1v) is 5.59. The van der Waals surface area contributed by atoms with Crippen molar-refractivity contribution >= 4 is 5.97 Å². The highest BCUT2D eigenvalue weighted by Crippen LogP contribution is 2.18. The molecule has 0 fully saturated rings. The van der Waals surface area contributed by atoms with Gasteiger partial charge in [-0.25, -0.2) is 4.79 Å². The molecule has 0 bridgehead atoms. The molecule has 0 saturated carbocycles. The van der Waals surface area contributed by atoms with E-state index in [0.29, 0.717) is 5.56 Å². The summed E-state index contributed by atoms with van der Waals surface area (Å²) in [5, 5.41) is 0. The van der Waals surface area contributed by atoms with Crippen LogP contribution in [0.1, 0.15) is 42.3 Å². The molecule has 1 aromatic carbocycles. The molecule has 3 heteroatoms. The topological polar surface area (TPSA) is 35.5 Å². The van der Waals surface area contributed by atoms with Gasteiger partial charge in [0.25, 0.3) is 0 Å². The first-order valence-electron chi connectivity index (χ1n) is 5.59. The van der Waals surface area contributed by atoms with E-state index < -0.39 is 5.97 Å². The van der Waals surface area contributed by atoms with E-state index in [1.807, 2.05) is 40.7 Å². The van der Waals surface area contributed by atoms with Crippen LogP contribution in [0.3, 0.4) is 0 Å². The molecular formula is C14H19O3. The molecular weight excluding hydrogens is 216 g/mol. The van der Waals surface area contributed by atoms with Crippen molar-refractivity contribution < 1.29 is 14.6 Å². The maximum Gasteiger partial charge on any atom is 0.373 e. The quantitative estimate of drug-likeness (QED) is 0.593. The Kier molecular flexibility index (Phi) is 4.29. The van der Waals surface area contributed by atoms with Crippen molar-refractivity contribution in [1.82, 2.24) is 0 Å². The molecule has 0 N–H and O–H groups in total. The lowest BCUT2D eigenvalue weighted by Gasteiger charge is -2.15. The van der Waals surface area contributed by atoms with Gasteiger partial charge in [-0.15, -0.1) is 0 Å². The van der Waals surface area contributed by atoms with Gasteiger partial charge in [-0.2, -0.15) is 4.89 Å². The summed E-state index contributed by atoms with van der Waals surface area (Å²) in [6.07, 6.45) is 0. The van der Waals surface area contributed by atoms with Crippen LogP contribution in [-0.2, 0) is 9.78 Å². The number of hydrogen-bond acceptors (Lipinski definition) is 3. The lowest BCUT2D eigenvalue weighted by atomic mass is 9.99. The van der Waals surface area contributed by atoms with Gasteiger partial charge in [-0.3, -0.25) is 4.89 Å². The number of carbonyl (C=O) groups is 1. The van der Waals surface area contributed by atoms with Crippen LogP contribution >= 0.6 is 0 Å². The van der Waals surface area contributed by atoms with Crippen molar-refractivity contribution in [3.63, 3.8) is 0 Å². The number of aryl methyl sites for hydroxylation is 2. The maximum absolute atomic E-state index is 11.6.